The number of halogens is 1. The number of nitro groups is 1. The van der Waals surface area contributed by atoms with Gasteiger partial charge in [0.1, 0.15) is 10.7 Å². The van der Waals surface area contributed by atoms with Gasteiger partial charge in [0.25, 0.3) is 0 Å². The molecule has 0 fully saturated rings. The van der Waals surface area contributed by atoms with E-state index in [1.54, 1.807) is 13.1 Å². The van der Waals surface area contributed by atoms with Crippen LogP contribution < -0.4 is 5.32 Å². The van der Waals surface area contributed by atoms with Gasteiger partial charge in [0.05, 0.1) is 12.1 Å². The van der Waals surface area contributed by atoms with Crippen LogP contribution in [-0.4, -0.2) is 12.0 Å². The summed E-state index contributed by atoms with van der Waals surface area (Å²) in [5.74, 6) is 0.288. The first-order valence-corrected chi connectivity index (χ1v) is 6.91. The maximum Gasteiger partial charge on any atom is 0.433 e. The fourth-order valence-corrected chi connectivity index (χ4v) is 2.62. The van der Waals surface area contributed by atoms with Crippen LogP contribution in [0.1, 0.15) is 28.5 Å². The minimum absolute atomic E-state index is 0.213. The third-order valence-electron chi connectivity index (χ3n) is 3.22. The summed E-state index contributed by atoms with van der Waals surface area (Å²) < 4.78 is 6.35. The minimum atomic E-state index is -0.532. The Morgan fingerprint density at radius 3 is 2.55 bits per heavy atom. The number of hydrogen-bond donors (Lipinski definition) is 1. The Labute approximate surface area is 125 Å². The molecule has 0 aliphatic carbocycles. The average molecular weight is 339 g/mol. The molecule has 0 bridgehead atoms. The largest absolute Gasteiger partial charge is 0.433 e. The van der Waals surface area contributed by atoms with Gasteiger partial charge in [-0.2, -0.15) is 0 Å². The lowest BCUT2D eigenvalue weighted by Crippen LogP contribution is -2.18. The van der Waals surface area contributed by atoms with E-state index in [2.05, 4.69) is 27.3 Å². The van der Waals surface area contributed by atoms with Gasteiger partial charge in [-0.05, 0) is 49.7 Å². The molecule has 0 aliphatic rings. The lowest BCUT2D eigenvalue weighted by atomic mass is 9.97. The van der Waals surface area contributed by atoms with E-state index in [4.69, 9.17) is 4.42 Å². The molecule has 0 aliphatic heterocycles. The fraction of sp³-hybridized carbons (Fsp3) is 0.286. The van der Waals surface area contributed by atoms with Crippen molar-refractivity contribution in [2.45, 2.75) is 19.9 Å². The highest BCUT2D eigenvalue weighted by Crippen LogP contribution is 2.31. The predicted octanol–water partition coefficient (Wildman–Crippen LogP) is 3.88. The van der Waals surface area contributed by atoms with Gasteiger partial charge in [0.2, 0.25) is 0 Å². The van der Waals surface area contributed by atoms with Gasteiger partial charge in [-0.25, -0.2) is 0 Å². The topological polar surface area (TPSA) is 68.3 Å². The molecule has 1 aromatic heterocycles. The summed E-state index contributed by atoms with van der Waals surface area (Å²) in [6, 6.07) is 6.88. The van der Waals surface area contributed by atoms with Crippen LogP contribution >= 0.6 is 15.9 Å². The number of rotatable bonds is 4. The van der Waals surface area contributed by atoms with E-state index >= 15 is 0 Å². The van der Waals surface area contributed by atoms with Gasteiger partial charge >= 0.3 is 5.88 Å². The molecule has 0 saturated heterocycles. The predicted molar refractivity (Wildman–Crippen MR) is 79.9 cm³/mol. The van der Waals surface area contributed by atoms with Crippen molar-refractivity contribution in [2.24, 2.45) is 0 Å². The fourth-order valence-electron chi connectivity index (χ4n) is 2.16. The van der Waals surface area contributed by atoms with Crippen molar-refractivity contribution < 1.29 is 9.34 Å². The number of aryl methyl sites for hydroxylation is 2. The first kappa shape index (κ1) is 14.7. The van der Waals surface area contributed by atoms with E-state index in [9.17, 15) is 10.1 Å². The van der Waals surface area contributed by atoms with Crippen LogP contribution in [0, 0.1) is 24.0 Å². The molecule has 1 heterocycles. The van der Waals surface area contributed by atoms with Crippen LogP contribution in [0.25, 0.3) is 0 Å². The van der Waals surface area contributed by atoms with E-state index in [0.717, 1.165) is 21.2 Å². The van der Waals surface area contributed by atoms with Crippen LogP contribution in [0.3, 0.4) is 0 Å². The Kier molecular flexibility index (Phi) is 4.25. The molecule has 20 heavy (non-hydrogen) atoms. The van der Waals surface area contributed by atoms with Gasteiger partial charge in [-0.15, -0.1) is 0 Å². The highest BCUT2D eigenvalue weighted by atomic mass is 79.9. The molecule has 0 saturated carbocycles. The summed E-state index contributed by atoms with van der Waals surface area (Å²) >= 11 is 3.50. The zero-order chi connectivity index (χ0) is 14.9. The van der Waals surface area contributed by atoms with Crippen molar-refractivity contribution in [1.82, 2.24) is 5.32 Å². The summed E-state index contributed by atoms with van der Waals surface area (Å²) in [6.07, 6.45) is 0. The second-order valence-electron chi connectivity index (χ2n) is 4.61. The molecule has 2 aromatic rings. The van der Waals surface area contributed by atoms with Crippen LogP contribution in [-0.2, 0) is 0 Å². The van der Waals surface area contributed by atoms with Gasteiger partial charge in [0, 0.05) is 4.47 Å². The number of nitrogens with zero attached hydrogens (tertiary/aromatic N) is 1. The van der Waals surface area contributed by atoms with Crippen LogP contribution in [0.2, 0.25) is 0 Å². The van der Waals surface area contributed by atoms with Crippen LogP contribution in [0.5, 0.6) is 0 Å². The summed E-state index contributed by atoms with van der Waals surface area (Å²) in [7, 11) is 1.80. The molecule has 1 aromatic carbocycles. The molecular weight excluding hydrogens is 324 g/mol. The van der Waals surface area contributed by atoms with Crippen molar-refractivity contribution in [1.29, 1.82) is 0 Å². The Morgan fingerprint density at radius 1 is 1.30 bits per heavy atom. The Balaban J connectivity index is 2.46. The quantitative estimate of drug-likeness (QED) is 0.678. The van der Waals surface area contributed by atoms with Crippen LogP contribution in [0.15, 0.2) is 33.2 Å². The van der Waals surface area contributed by atoms with Crippen molar-refractivity contribution >= 4 is 21.8 Å². The molecule has 106 valence electrons. The van der Waals surface area contributed by atoms with Crippen molar-refractivity contribution in [3.63, 3.8) is 0 Å². The second-order valence-corrected chi connectivity index (χ2v) is 5.47. The Hall–Kier alpha value is -1.66. The zero-order valence-electron chi connectivity index (χ0n) is 11.4. The van der Waals surface area contributed by atoms with Gasteiger partial charge in [-0.1, -0.05) is 22.0 Å². The maximum atomic E-state index is 10.7. The van der Waals surface area contributed by atoms with Gasteiger partial charge in [-0.3, -0.25) is 10.1 Å². The first-order valence-electron chi connectivity index (χ1n) is 6.12. The van der Waals surface area contributed by atoms with E-state index in [1.165, 1.54) is 6.07 Å². The highest BCUT2D eigenvalue weighted by Gasteiger charge is 2.22. The lowest BCUT2D eigenvalue weighted by Gasteiger charge is -2.18. The second kappa shape index (κ2) is 5.76. The van der Waals surface area contributed by atoms with E-state index in [0.29, 0.717) is 5.76 Å². The molecule has 0 amide bonds. The lowest BCUT2D eigenvalue weighted by molar-refractivity contribution is -0.402. The molecule has 1 atom stereocenters. The maximum absolute atomic E-state index is 10.7. The summed E-state index contributed by atoms with van der Waals surface area (Å²) in [6.45, 7) is 4.01. The molecule has 5 nitrogen and oxygen atoms in total. The number of hydrogen-bond acceptors (Lipinski definition) is 4. The third kappa shape index (κ3) is 2.76. The number of nitrogens with one attached hydrogen (secondary N) is 1. The molecule has 2 rings (SSSR count). The molecule has 1 N–H and O–H groups in total. The van der Waals surface area contributed by atoms with E-state index in [-0.39, 0.29) is 11.9 Å². The number of benzene rings is 1. The first-order chi connectivity index (χ1) is 9.43. The highest BCUT2D eigenvalue weighted by molar-refractivity contribution is 9.10. The van der Waals surface area contributed by atoms with Crippen molar-refractivity contribution in [2.75, 3.05) is 7.05 Å². The van der Waals surface area contributed by atoms with Gasteiger partial charge < -0.3 is 9.73 Å². The van der Waals surface area contributed by atoms with Gasteiger partial charge in [0.15, 0.2) is 0 Å². The summed E-state index contributed by atoms with van der Waals surface area (Å²) in [4.78, 5) is 10.2. The van der Waals surface area contributed by atoms with Crippen LogP contribution in [0.4, 0.5) is 5.88 Å². The number of furan rings is 1. The molecule has 1 unspecified atom stereocenters. The van der Waals surface area contributed by atoms with E-state index < -0.39 is 4.92 Å². The van der Waals surface area contributed by atoms with E-state index in [1.807, 2.05) is 19.9 Å². The van der Waals surface area contributed by atoms with Crippen molar-refractivity contribution in [3.8, 4) is 0 Å². The molecule has 6 heteroatoms. The Bertz CT molecular complexity index is 652. The third-order valence-corrected chi connectivity index (χ3v) is 4.08. The zero-order valence-corrected chi connectivity index (χ0v) is 13.0. The molecule has 0 spiro atoms. The minimum Gasteiger partial charge on any atom is -0.404 e. The summed E-state index contributed by atoms with van der Waals surface area (Å²) in [5, 5.41) is 13.9. The average Bonchev–Trinajstić information content (AvgIpc) is 2.86. The molecular formula is C14H15BrN2O3. The molecule has 0 radical (unpaired) electrons. The standard InChI is InChI=1S/C14H15BrN2O3/c1-8-7-11(15)9(2)6-10(8)14(16-3)12-4-5-13(20-12)17(18)19/h4-7,14,16H,1-3H3. The summed E-state index contributed by atoms with van der Waals surface area (Å²) in [5.41, 5.74) is 3.23. The van der Waals surface area contributed by atoms with Crippen molar-refractivity contribution in [3.05, 3.63) is 61.3 Å². The SMILES string of the molecule is CNC(c1ccc([N+](=O)[O-])o1)c1cc(C)c(Br)cc1C. The Morgan fingerprint density at radius 2 is 2.00 bits per heavy atom. The smallest absolute Gasteiger partial charge is 0.404 e. The monoisotopic (exact) mass is 338 g/mol. The normalized spacial score (nSPS) is 12.4.